The lowest BCUT2D eigenvalue weighted by molar-refractivity contribution is -0.132. The molecule has 1 unspecified atom stereocenters. The van der Waals surface area contributed by atoms with Gasteiger partial charge in [-0.25, -0.2) is 22.4 Å². The maximum Gasteiger partial charge on any atom is 0.341 e. The summed E-state index contributed by atoms with van der Waals surface area (Å²) in [5, 5.41) is 20.2. The highest BCUT2D eigenvalue weighted by Crippen LogP contribution is 2.29. The van der Waals surface area contributed by atoms with E-state index in [9.17, 15) is 32.3 Å². The number of carboxylic acids is 1. The largest absolute Gasteiger partial charge is 0.477 e. The molecule has 0 fully saturated rings. The second kappa shape index (κ2) is 7.55. The Hall–Kier alpha value is -1.94. The van der Waals surface area contributed by atoms with E-state index in [2.05, 4.69) is 21.2 Å². The van der Waals surface area contributed by atoms with Crippen molar-refractivity contribution < 1.29 is 37.4 Å². The van der Waals surface area contributed by atoms with Crippen LogP contribution in [-0.2, 0) is 4.79 Å². The van der Waals surface area contributed by atoms with Crippen LogP contribution in [0.4, 0.5) is 17.6 Å². The summed E-state index contributed by atoms with van der Waals surface area (Å²) in [6.45, 7) is 1.52. The molecule has 1 rings (SSSR count). The molecule has 0 saturated carbocycles. The van der Waals surface area contributed by atoms with Gasteiger partial charge in [0, 0.05) is 6.20 Å². The number of carbonyl (C=O) groups is 2. The van der Waals surface area contributed by atoms with Crippen molar-refractivity contribution in [3.63, 3.8) is 0 Å². The Morgan fingerprint density at radius 3 is 2.04 bits per heavy atom. The van der Waals surface area contributed by atoms with Crippen molar-refractivity contribution >= 4 is 27.7 Å². The van der Waals surface area contributed by atoms with Gasteiger partial charge < -0.3 is 15.5 Å². The monoisotopic (exact) mass is 399 g/mol. The zero-order valence-electron chi connectivity index (χ0n) is 11.5. The second-order valence-electron chi connectivity index (χ2n) is 4.23. The highest BCUT2D eigenvalue weighted by atomic mass is 79.9. The Kier molecular flexibility index (Phi) is 6.28. The Morgan fingerprint density at radius 1 is 1.17 bits per heavy atom. The third-order valence-corrected chi connectivity index (χ3v) is 3.41. The van der Waals surface area contributed by atoms with E-state index in [0.717, 1.165) is 0 Å². The Bertz CT molecular complexity index is 664. The minimum absolute atomic E-state index is 0.127. The molecule has 0 saturated heterocycles. The van der Waals surface area contributed by atoms with Gasteiger partial charge in [-0.05, 0) is 22.4 Å². The van der Waals surface area contributed by atoms with E-state index in [0.29, 0.717) is 6.20 Å². The molecule has 1 aromatic rings. The van der Waals surface area contributed by atoms with Gasteiger partial charge in [0.05, 0.1) is 4.47 Å². The Labute approximate surface area is 135 Å². The van der Waals surface area contributed by atoms with Gasteiger partial charge in [0.2, 0.25) is 5.78 Å². The van der Waals surface area contributed by atoms with Crippen molar-refractivity contribution in [2.75, 3.05) is 0 Å². The summed E-state index contributed by atoms with van der Waals surface area (Å²) < 4.78 is 53.1. The average molecular weight is 400 g/mol. The summed E-state index contributed by atoms with van der Waals surface area (Å²) >= 11 is 2.27. The zero-order chi connectivity index (χ0) is 17.9. The van der Waals surface area contributed by atoms with Crippen molar-refractivity contribution in [1.82, 2.24) is 5.32 Å². The Morgan fingerprint density at radius 2 is 1.65 bits per heavy atom. The number of aliphatic carboxylic acids is 1. The fraction of sp³-hybridized carbons (Fsp3) is 0.231. The predicted octanol–water partition coefficient (Wildman–Crippen LogP) is 2.47. The van der Waals surface area contributed by atoms with Gasteiger partial charge in [0.15, 0.2) is 23.3 Å². The smallest absolute Gasteiger partial charge is 0.341 e. The molecule has 23 heavy (non-hydrogen) atoms. The predicted molar refractivity (Wildman–Crippen MR) is 73.5 cm³/mol. The molecule has 1 aromatic carbocycles. The van der Waals surface area contributed by atoms with Crippen LogP contribution in [0.15, 0.2) is 16.2 Å². The van der Waals surface area contributed by atoms with E-state index >= 15 is 0 Å². The van der Waals surface area contributed by atoms with Gasteiger partial charge in [0.1, 0.15) is 17.4 Å². The molecular weight excluding hydrogens is 390 g/mol. The number of carbonyl (C=O) groups excluding carboxylic acids is 1. The normalized spacial score (nSPS) is 12.9. The standard InChI is InChI=1S/C13H10BrF4NO4/c1-2-5(20)19-3-4(13(22)23)12(21)6-8(15)10(17)7(14)11(18)9(6)16/h3,5,19-20H,2H2,1H3,(H,22,23). The molecule has 0 aliphatic carbocycles. The van der Waals surface area contributed by atoms with Crippen LogP contribution in [0.1, 0.15) is 23.7 Å². The molecule has 5 nitrogen and oxygen atoms in total. The number of nitrogens with one attached hydrogen (secondary N) is 1. The minimum atomic E-state index is -2.04. The molecule has 0 aliphatic rings. The fourth-order valence-corrected chi connectivity index (χ4v) is 1.81. The zero-order valence-corrected chi connectivity index (χ0v) is 13.0. The van der Waals surface area contributed by atoms with Crippen LogP contribution in [0.2, 0.25) is 0 Å². The van der Waals surface area contributed by atoms with Crippen molar-refractivity contribution in [3.05, 3.63) is 45.1 Å². The maximum absolute atomic E-state index is 13.7. The van der Waals surface area contributed by atoms with Crippen LogP contribution >= 0.6 is 15.9 Å². The van der Waals surface area contributed by atoms with E-state index in [1.165, 1.54) is 6.92 Å². The lowest BCUT2D eigenvalue weighted by Gasteiger charge is -2.11. The first-order valence-corrected chi connectivity index (χ1v) is 6.86. The summed E-state index contributed by atoms with van der Waals surface area (Å²) in [4.78, 5) is 23.0. The van der Waals surface area contributed by atoms with Gasteiger partial charge >= 0.3 is 5.97 Å². The van der Waals surface area contributed by atoms with Gasteiger partial charge in [-0.15, -0.1) is 0 Å². The summed E-state index contributed by atoms with van der Waals surface area (Å²) in [6, 6.07) is 0. The van der Waals surface area contributed by atoms with Crippen LogP contribution in [0.5, 0.6) is 0 Å². The van der Waals surface area contributed by atoms with E-state index in [1.54, 1.807) is 0 Å². The van der Waals surface area contributed by atoms with Crippen molar-refractivity contribution in [2.24, 2.45) is 0 Å². The molecule has 0 heterocycles. The van der Waals surface area contributed by atoms with Crippen LogP contribution in [0.3, 0.4) is 0 Å². The van der Waals surface area contributed by atoms with Gasteiger partial charge in [-0.1, -0.05) is 6.92 Å². The molecule has 3 N–H and O–H groups in total. The number of hydrogen-bond donors (Lipinski definition) is 3. The molecule has 0 aromatic heterocycles. The molecule has 126 valence electrons. The number of Topliss-reactive ketones (excluding diaryl/α,β-unsaturated/α-hetero) is 1. The van der Waals surface area contributed by atoms with E-state index < -0.39 is 56.9 Å². The number of halogens is 5. The second-order valence-corrected chi connectivity index (χ2v) is 5.02. The molecule has 10 heteroatoms. The van der Waals surface area contributed by atoms with Gasteiger partial charge in [-0.3, -0.25) is 4.79 Å². The lowest BCUT2D eigenvalue weighted by atomic mass is 10.0. The number of benzene rings is 1. The van der Waals surface area contributed by atoms with Gasteiger partial charge in [0.25, 0.3) is 0 Å². The summed E-state index contributed by atoms with van der Waals surface area (Å²) in [5.41, 5.74) is -2.90. The number of aliphatic hydroxyl groups is 1. The molecule has 0 radical (unpaired) electrons. The topological polar surface area (TPSA) is 86.6 Å². The molecule has 1 atom stereocenters. The number of rotatable bonds is 6. The highest BCUT2D eigenvalue weighted by molar-refractivity contribution is 9.10. The summed E-state index contributed by atoms with van der Waals surface area (Å²) in [5.74, 6) is -11.5. The SMILES string of the molecule is CCC(O)NC=C(C(=O)O)C(=O)c1c(F)c(F)c(Br)c(F)c1F. The summed E-state index contributed by atoms with van der Waals surface area (Å²) in [6.07, 6.45) is -0.609. The third-order valence-electron chi connectivity index (χ3n) is 2.72. The van der Waals surface area contributed by atoms with Gasteiger partial charge in [-0.2, -0.15) is 0 Å². The number of hydrogen-bond acceptors (Lipinski definition) is 4. The number of ketones is 1. The first-order chi connectivity index (χ1) is 10.6. The van der Waals surface area contributed by atoms with Crippen molar-refractivity contribution in [3.8, 4) is 0 Å². The Balaban J connectivity index is 3.45. The molecule has 0 spiro atoms. The minimum Gasteiger partial charge on any atom is -0.477 e. The van der Waals surface area contributed by atoms with E-state index in [1.807, 2.05) is 0 Å². The number of aliphatic hydroxyl groups excluding tert-OH is 1. The van der Waals surface area contributed by atoms with Crippen LogP contribution in [0, 0.1) is 23.3 Å². The third kappa shape index (κ3) is 3.88. The first kappa shape index (κ1) is 19.1. The van der Waals surface area contributed by atoms with E-state index in [4.69, 9.17) is 5.11 Å². The summed E-state index contributed by atoms with van der Waals surface area (Å²) in [7, 11) is 0. The maximum atomic E-state index is 13.7. The molecule has 0 amide bonds. The van der Waals surface area contributed by atoms with E-state index in [-0.39, 0.29) is 6.42 Å². The van der Waals surface area contributed by atoms with Crippen LogP contribution in [0.25, 0.3) is 0 Å². The van der Waals surface area contributed by atoms with Crippen molar-refractivity contribution in [1.29, 1.82) is 0 Å². The fourth-order valence-electron chi connectivity index (χ4n) is 1.46. The molecule has 0 aliphatic heterocycles. The first-order valence-electron chi connectivity index (χ1n) is 6.07. The molecule has 0 bridgehead atoms. The molecular formula is C13H10BrF4NO4. The van der Waals surface area contributed by atoms with Crippen LogP contribution in [-0.4, -0.2) is 28.2 Å². The van der Waals surface area contributed by atoms with Crippen LogP contribution < -0.4 is 5.32 Å². The quantitative estimate of drug-likeness (QED) is 0.0999. The average Bonchev–Trinajstić information content (AvgIpc) is 2.50. The van der Waals surface area contributed by atoms with Crippen molar-refractivity contribution in [2.45, 2.75) is 19.6 Å². The highest BCUT2D eigenvalue weighted by Gasteiger charge is 2.32. The lowest BCUT2D eigenvalue weighted by Crippen LogP contribution is -2.26. The number of carboxylic acid groups (broad SMARTS) is 1.